The Morgan fingerprint density at radius 1 is 1.17 bits per heavy atom. The molecule has 0 fully saturated rings. The molecule has 158 valence electrons. The quantitative estimate of drug-likeness (QED) is 0.750. The lowest BCUT2D eigenvalue weighted by Crippen LogP contribution is -2.28. The molecule has 2 heterocycles. The number of nitrogens with zero attached hydrogens (tertiary/aromatic N) is 2. The van der Waals surface area contributed by atoms with Gasteiger partial charge in [-0.05, 0) is 24.3 Å². The Morgan fingerprint density at radius 3 is 2.48 bits per heavy atom. The summed E-state index contributed by atoms with van der Waals surface area (Å²) in [6.07, 6.45) is -9.18. The highest BCUT2D eigenvalue weighted by atomic mass is 19.4. The maximum absolute atomic E-state index is 13.1. The number of alkyl halides is 6. The second kappa shape index (κ2) is 7.93. The fourth-order valence-electron chi connectivity index (χ4n) is 2.91. The van der Waals surface area contributed by atoms with E-state index in [0.717, 1.165) is 24.3 Å². The van der Waals surface area contributed by atoms with Crippen LogP contribution < -0.4 is 10.1 Å². The van der Waals surface area contributed by atoms with E-state index in [-0.39, 0.29) is 43.9 Å². The Kier molecular flexibility index (Phi) is 5.73. The van der Waals surface area contributed by atoms with Crippen LogP contribution in [0.15, 0.2) is 24.3 Å². The average molecular weight is 423 g/mol. The van der Waals surface area contributed by atoms with Crippen molar-refractivity contribution in [2.45, 2.75) is 32.1 Å². The van der Waals surface area contributed by atoms with Gasteiger partial charge in [0.25, 0.3) is 5.91 Å². The van der Waals surface area contributed by atoms with Gasteiger partial charge in [0, 0.05) is 29.8 Å². The number of nitrogens with one attached hydrogen (secondary N) is 1. The normalized spacial score (nSPS) is 14.4. The molecular formula is C17H15F6N3O3. The summed E-state index contributed by atoms with van der Waals surface area (Å²) in [5, 5.41) is 6.11. The van der Waals surface area contributed by atoms with Crippen molar-refractivity contribution in [1.29, 1.82) is 0 Å². The van der Waals surface area contributed by atoms with Gasteiger partial charge in [0.05, 0.1) is 19.8 Å². The van der Waals surface area contributed by atoms with E-state index < -0.39 is 29.9 Å². The number of fused-ring (bicyclic) bond motifs is 1. The first kappa shape index (κ1) is 21.0. The fourth-order valence-corrected chi connectivity index (χ4v) is 2.91. The summed E-state index contributed by atoms with van der Waals surface area (Å²) < 4.78 is 85.7. The van der Waals surface area contributed by atoms with Crippen molar-refractivity contribution in [3.05, 3.63) is 46.8 Å². The molecule has 1 aromatic heterocycles. The van der Waals surface area contributed by atoms with Gasteiger partial charge in [0.15, 0.2) is 5.69 Å². The number of rotatable bonds is 5. The summed E-state index contributed by atoms with van der Waals surface area (Å²) in [6, 6.07) is 4.26. The van der Waals surface area contributed by atoms with Gasteiger partial charge in [-0.15, -0.1) is 13.2 Å². The van der Waals surface area contributed by atoms with Gasteiger partial charge < -0.3 is 14.8 Å². The third-order valence-corrected chi connectivity index (χ3v) is 4.12. The molecule has 0 bridgehead atoms. The summed E-state index contributed by atoms with van der Waals surface area (Å²) in [5.74, 6) is -1.07. The number of hydrogen-bond donors (Lipinski definition) is 1. The molecule has 6 nitrogen and oxygen atoms in total. The van der Waals surface area contributed by atoms with Crippen molar-refractivity contribution < 1.29 is 40.6 Å². The van der Waals surface area contributed by atoms with Gasteiger partial charge in [-0.2, -0.15) is 18.3 Å². The van der Waals surface area contributed by atoms with Crippen LogP contribution in [0.3, 0.4) is 0 Å². The number of amides is 1. The van der Waals surface area contributed by atoms with Crippen LogP contribution in [0, 0.1) is 0 Å². The Balaban J connectivity index is 1.61. The Bertz CT molecular complexity index is 874. The molecule has 1 aromatic carbocycles. The highest BCUT2D eigenvalue weighted by molar-refractivity contribution is 5.94. The zero-order valence-corrected chi connectivity index (χ0v) is 14.7. The lowest BCUT2D eigenvalue weighted by molar-refractivity contribution is -0.274. The predicted octanol–water partition coefficient (Wildman–Crippen LogP) is 3.30. The molecule has 2 aromatic rings. The second-order valence-corrected chi connectivity index (χ2v) is 6.13. The van der Waals surface area contributed by atoms with Gasteiger partial charge in [0.1, 0.15) is 5.75 Å². The fraction of sp³-hybridized carbons (Fsp3) is 0.412. The molecule has 29 heavy (non-hydrogen) atoms. The molecule has 1 amide bonds. The van der Waals surface area contributed by atoms with Crippen molar-refractivity contribution in [2.24, 2.45) is 0 Å². The molecule has 0 radical (unpaired) electrons. The zero-order chi connectivity index (χ0) is 21.2. The zero-order valence-electron chi connectivity index (χ0n) is 14.7. The monoisotopic (exact) mass is 423 g/mol. The summed E-state index contributed by atoms with van der Waals surface area (Å²) >= 11 is 0. The molecule has 1 N–H and O–H groups in total. The van der Waals surface area contributed by atoms with Crippen molar-refractivity contribution in [2.75, 3.05) is 13.2 Å². The molecule has 0 atom stereocenters. The van der Waals surface area contributed by atoms with E-state index in [1.807, 2.05) is 0 Å². The number of hydrogen-bond acceptors (Lipinski definition) is 4. The summed E-state index contributed by atoms with van der Waals surface area (Å²) in [4.78, 5) is 12.1. The van der Waals surface area contributed by atoms with E-state index in [4.69, 9.17) is 4.74 Å². The van der Waals surface area contributed by atoms with Gasteiger partial charge in [-0.3, -0.25) is 9.48 Å². The summed E-state index contributed by atoms with van der Waals surface area (Å²) in [7, 11) is 0. The van der Waals surface area contributed by atoms with Crippen molar-refractivity contribution >= 4 is 5.91 Å². The molecule has 1 aliphatic heterocycles. The third-order valence-electron chi connectivity index (χ3n) is 4.12. The van der Waals surface area contributed by atoms with Crippen LogP contribution >= 0.6 is 0 Å². The van der Waals surface area contributed by atoms with Crippen molar-refractivity contribution in [1.82, 2.24) is 15.1 Å². The van der Waals surface area contributed by atoms with Crippen LogP contribution in [0.4, 0.5) is 26.3 Å². The lowest BCUT2D eigenvalue weighted by Gasteiger charge is -2.15. The SMILES string of the molecule is O=C(NCCn1nc(C(F)(F)F)c2c1CCOC2)c1ccc(OC(F)(F)F)cc1. The topological polar surface area (TPSA) is 65.4 Å². The number of aromatic nitrogens is 2. The van der Waals surface area contributed by atoms with Crippen LogP contribution in [-0.2, 0) is 30.5 Å². The molecule has 0 saturated carbocycles. The van der Waals surface area contributed by atoms with E-state index in [1.165, 1.54) is 4.68 Å². The minimum Gasteiger partial charge on any atom is -0.406 e. The Morgan fingerprint density at radius 2 is 1.86 bits per heavy atom. The van der Waals surface area contributed by atoms with Crippen molar-refractivity contribution in [3.63, 3.8) is 0 Å². The molecular weight excluding hydrogens is 408 g/mol. The number of ether oxygens (including phenoxy) is 2. The van der Waals surface area contributed by atoms with Crippen LogP contribution in [0.25, 0.3) is 0 Å². The highest BCUT2D eigenvalue weighted by Gasteiger charge is 2.39. The molecule has 0 aliphatic carbocycles. The Labute approximate surface area is 160 Å². The van der Waals surface area contributed by atoms with Gasteiger partial charge >= 0.3 is 12.5 Å². The molecule has 3 rings (SSSR count). The third kappa shape index (κ3) is 5.19. The van der Waals surface area contributed by atoms with E-state index in [9.17, 15) is 31.1 Å². The molecule has 0 saturated heterocycles. The smallest absolute Gasteiger partial charge is 0.406 e. The van der Waals surface area contributed by atoms with Gasteiger partial charge in [-0.1, -0.05) is 0 Å². The minimum atomic E-state index is -4.84. The van der Waals surface area contributed by atoms with E-state index in [1.54, 1.807) is 0 Å². The first-order valence-corrected chi connectivity index (χ1v) is 8.42. The van der Waals surface area contributed by atoms with E-state index >= 15 is 0 Å². The Hall–Kier alpha value is -2.76. The van der Waals surface area contributed by atoms with Gasteiger partial charge in [-0.25, -0.2) is 0 Å². The van der Waals surface area contributed by atoms with Crippen LogP contribution in [0.5, 0.6) is 5.75 Å². The maximum atomic E-state index is 13.1. The summed E-state index contributed by atoms with van der Waals surface area (Å²) in [6.45, 7) is 0.0723. The van der Waals surface area contributed by atoms with Crippen molar-refractivity contribution in [3.8, 4) is 5.75 Å². The van der Waals surface area contributed by atoms with E-state index in [2.05, 4.69) is 15.2 Å². The number of halogens is 6. The molecule has 0 spiro atoms. The molecule has 0 unspecified atom stereocenters. The maximum Gasteiger partial charge on any atom is 0.573 e. The molecule has 12 heteroatoms. The standard InChI is InChI=1S/C17H15F6N3O3/c18-16(19,20)14-12-9-28-8-5-13(12)26(25-14)7-6-24-15(27)10-1-3-11(4-2-10)29-17(21,22)23/h1-4H,5-9H2,(H,24,27). The second-order valence-electron chi connectivity index (χ2n) is 6.13. The number of carbonyl (C=O) groups is 1. The predicted molar refractivity (Wildman–Crippen MR) is 86.0 cm³/mol. The number of benzene rings is 1. The molecule has 1 aliphatic rings. The first-order chi connectivity index (χ1) is 13.5. The highest BCUT2D eigenvalue weighted by Crippen LogP contribution is 2.34. The average Bonchev–Trinajstić information content (AvgIpc) is 3.00. The van der Waals surface area contributed by atoms with Gasteiger partial charge in [0.2, 0.25) is 0 Å². The largest absolute Gasteiger partial charge is 0.573 e. The van der Waals surface area contributed by atoms with Crippen LogP contribution in [0.1, 0.15) is 27.3 Å². The number of carbonyl (C=O) groups excluding carboxylic acids is 1. The van der Waals surface area contributed by atoms with Crippen LogP contribution in [-0.4, -0.2) is 35.2 Å². The first-order valence-electron chi connectivity index (χ1n) is 8.42. The minimum absolute atomic E-state index is 0.000574. The van der Waals surface area contributed by atoms with Crippen LogP contribution in [0.2, 0.25) is 0 Å². The lowest BCUT2D eigenvalue weighted by atomic mass is 10.1. The summed E-state index contributed by atoms with van der Waals surface area (Å²) in [5.41, 5.74) is -0.521. The van der Waals surface area contributed by atoms with E-state index in [0.29, 0.717) is 5.69 Å².